The Morgan fingerprint density at radius 1 is 1.35 bits per heavy atom. The minimum absolute atomic E-state index is 0.121. The Kier molecular flexibility index (Phi) is 7.04. The molecule has 1 aliphatic rings. The lowest BCUT2D eigenvalue weighted by molar-refractivity contribution is 0.00564. The zero-order valence-corrected chi connectivity index (χ0v) is 11.1. The second kappa shape index (κ2) is 8.03. The molecule has 1 aliphatic carbocycles. The molecule has 3 unspecified atom stereocenters. The van der Waals surface area contributed by atoms with Gasteiger partial charge in [0, 0.05) is 6.54 Å². The molecule has 3 atom stereocenters. The number of hydrogen-bond donors (Lipinski definition) is 3. The van der Waals surface area contributed by atoms with Crippen molar-refractivity contribution in [3.05, 3.63) is 0 Å². The van der Waals surface area contributed by atoms with Crippen molar-refractivity contribution in [1.29, 1.82) is 0 Å². The van der Waals surface area contributed by atoms with Crippen LogP contribution in [0.15, 0.2) is 0 Å². The van der Waals surface area contributed by atoms with Crippen molar-refractivity contribution >= 4 is 0 Å². The molecule has 0 bridgehead atoms. The summed E-state index contributed by atoms with van der Waals surface area (Å²) in [5.41, 5.74) is 0. The third kappa shape index (κ3) is 6.99. The molecule has 3 N–H and O–H groups in total. The lowest BCUT2D eigenvalue weighted by Crippen LogP contribution is -2.35. The van der Waals surface area contributed by atoms with E-state index < -0.39 is 6.10 Å². The van der Waals surface area contributed by atoms with Gasteiger partial charge in [-0.15, -0.1) is 0 Å². The molecule has 1 fully saturated rings. The summed E-state index contributed by atoms with van der Waals surface area (Å²) >= 11 is 0. The fraction of sp³-hybridized carbons (Fsp3) is 1.00. The number of ether oxygens (including phenoxy) is 1. The van der Waals surface area contributed by atoms with E-state index in [0.29, 0.717) is 19.1 Å². The van der Waals surface area contributed by atoms with Gasteiger partial charge in [0.25, 0.3) is 0 Å². The van der Waals surface area contributed by atoms with Gasteiger partial charge in [0.05, 0.1) is 24.9 Å². The van der Waals surface area contributed by atoms with Gasteiger partial charge in [-0.1, -0.05) is 6.42 Å². The van der Waals surface area contributed by atoms with E-state index >= 15 is 0 Å². The van der Waals surface area contributed by atoms with Gasteiger partial charge >= 0.3 is 0 Å². The summed E-state index contributed by atoms with van der Waals surface area (Å²) in [6.45, 7) is 5.76. The highest BCUT2D eigenvalue weighted by Gasteiger charge is 2.19. The van der Waals surface area contributed by atoms with E-state index in [0.717, 1.165) is 25.8 Å². The Labute approximate surface area is 104 Å². The summed E-state index contributed by atoms with van der Waals surface area (Å²) in [7, 11) is 0. The zero-order valence-electron chi connectivity index (χ0n) is 11.1. The molecular formula is C13H27NO3. The Bertz CT molecular complexity index is 199. The normalized spacial score (nSPS) is 27.4. The van der Waals surface area contributed by atoms with Crippen LogP contribution in [0.2, 0.25) is 0 Å². The molecule has 0 saturated heterocycles. The van der Waals surface area contributed by atoms with Crippen LogP contribution in [0.3, 0.4) is 0 Å². The van der Waals surface area contributed by atoms with Crippen molar-refractivity contribution in [3.63, 3.8) is 0 Å². The fourth-order valence-corrected chi connectivity index (χ4v) is 2.26. The van der Waals surface area contributed by atoms with Gasteiger partial charge < -0.3 is 20.3 Å². The molecule has 0 aromatic rings. The lowest BCUT2D eigenvalue weighted by atomic mass is 9.87. The van der Waals surface area contributed by atoms with Crippen LogP contribution in [-0.2, 0) is 4.74 Å². The lowest BCUT2D eigenvalue weighted by Gasteiger charge is -2.26. The number of hydrogen-bond acceptors (Lipinski definition) is 4. The van der Waals surface area contributed by atoms with Crippen LogP contribution in [0.25, 0.3) is 0 Å². The first kappa shape index (κ1) is 14.9. The number of aliphatic hydroxyl groups excluding tert-OH is 2. The molecule has 0 aliphatic heterocycles. The minimum Gasteiger partial charge on any atom is -0.393 e. The summed E-state index contributed by atoms with van der Waals surface area (Å²) in [5, 5.41) is 22.4. The van der Waals surface area contributed by atoms with E-state index in [2.05, 4.69) is 5.32 Å². The van der Waals surface area contributed by atoms with Crippen LogP contribution >= 0.6 is 0 Å². The molecule has 0 radical (unpaired) electrons. The summed E-state index contributed by atoms with van der Waals surface area (Å²) in [6, 6.07) is 0. The van der Waals surface area contributed by atoms with Crippen molar-refractivity contribution in [2.75, 3.05) is 19.7 Å². The smallest absolute Gasteiger partial charge is 0.0897 e. The second-order valence-corrected chi connectivity index (χ2v) is 5.38. The molecular weight excluding hydrogens is 218 g/mol. The Balaban J connectivity index is 2.02. The molecule has 4 heteroatoms. The molecule has 4 nitrogen and oxygen atoms in total. The van der Waals surface area contributed by atoms with Gasteiger partial charge in [0.2, 0.25) is 0 Å². The minimum atomic E-state index is -0.439. The molecule has 1 saturated carbocycles. The first-order chi connectivity index (χ1) is 8.08. The van der Waals surface area contributed by atoms with Gasteiger partial charge in [-0.2, -0.15) is 0 Å². The van der Waals surface area contributed by atoms with E-state index in [-0.39, 0.29) is 12.2 Å². The largest absolute Gasteiger partial charge is 0.393 e. The highest BCUT2D eigenvalue weighted by Crippen LogP contribution is 2.23. The van der Waals surface area contributed by atoms with Crippen LogP contribution in [0.1, 0.15) is 39.5 Å². The van der Waals surface area contributed by atoms with Crippen molar-refractivity contribution in [3.8, 4) is 0 Å². The van der Waals surface area contributed by atoms with Gasteiger partial charge in [-0.05, 0) is 45.6 Å². The average Bonchev–Trinajstić information content (AvgIpc) is 2.26. The quantitative estimate of drug-likeness (QED) is 0.624. The SMILES string of the molecule is CC(C)OCC(O)CNCC1CCCC(O)C1. The topological polar surface area (TPSA) is 61.7 Å². The van der Waals surface area contributed by atoms with E-state index in [1.54, 1.807) is 0 Å². The molecule has 0 aromatic heterocycles. The predicted molar refractivity (Wildman–Crippen MR) is 67.9 cm³/mol. The summed E-state index contributed by atoms with van der Waals surface area (Å²) in [5.74, 6) is 0.553. The number of nitrogens with one attached hydrogen (secondary N) is 1. The highest BCUT2D eigenvalue weighted by atomic mass is 16.5. The average molecular weight is 245 g/mol. The number of rotatable bonds is 7. The first-order valence-electron chi connectivity index (χ1n) is 6.76. The maximum absolute atomic E-state index is 9.64. The molecule has 0 spiro atoms. The highest BCUT2D eigenvalue weighted by molar-refractivity contribution is 4.74. The van der Waals surface area contributed by atoms with Gasteiger partial charge in [0.1, 0.15) is 0 Å². The molecule has 17 heavy (non-hydrogen) atoms. The van der Waals surface area contributed by atoms with Gasteiger partial charge in [0.15, 0.2) is 0 Å². The van der Waals surface area contributed by atoms with E-state index in [1.165, 1.54) is 6.42 Å². The van der Waals surface area contributed by atoms with Crippen LogP contribution < -0.4 is 5.32 Å². The molecule has 0 aromatic carbocycles. The third-order valence-electron chi connectivity index (χ3n) is 3.19. The summed E-state index contributed by atoms with van der Waals surface area (Å²) in [6.07, 6.45) is 3.75. The molecule has 102 valence electrons. The van der Waals surface area contributed by atoms with Crippen LogP contribution in [0, 0.1) is 5.92 Å². The van der Waals surface area contributed by atoms with Crippen molar-refractivity contribution in [2.24, 2.45) is 5.92 Å². The fourth-order valence-electron chi connectivity index (χ4n) is 2.26. The first-order valence-corrected chi connectivity index (χ1v) is 6.76. The Morgan fingerprint density at radius 3 is 2.76 bits per heavy atom. The van der Waals surface area contributed by atoms with Crippen LogP contribution in [-0.4, -0.2) is 48.2 Å². The monoisotopic (exact) mass is 245 g/mol. The second-order valence-electron chi connectivity index (χ2n) is 5.38. The molecule has 0 amide bonds. The predicted octanol–water partition coefficient (Wildman–Crippen LogP) is 0.913. The maximum atomic E-state index is 9.64. The van der Waals surface area contributed by atoms with Gasteiger partial charge in [-0.3, -0.25) is 0 Å². The molecule has 0 heterocycles. The van der Waals surface area contributed by atoms with Crippen LogP contribution in [0.4, 0.5) is 0 Å². The maximum Gasteiger partial charge on any atom is 0.0897 e. The summed E-state index contributed by atoms with van der Waals surface area (Å²) < 4.78 is 5.33. The number of aliphatic hydroxyl groups is 2. The third-order valence-corrected chi connectivity index (χ3v) is 3.19. The van der Waals surface area contributed by atoms with Crippen LogP contribution in [0.5, 0.6) is 0 Å². The van der Waals surface area contributed by atoms with E-state index in [4.69, 9.17) is 4.74 Å². The summed E-state index contributed by atoms with van der Waals surface area (Å²) in [4.78, 5) is 0. The van der Waals surface area contributed by atoms with Crippen molar-refractivity contribution in [2.45, 2.75) is 57.8 Å². The van der Waals surface area contributed by atoms with Crippen molar-refractivity contribution < 1.29 is 14.9 Å². The van der Waals surface area contributed by atoms with E-state index in [9.17, 15) is 10.2 Å². The Hall–Kier alpha value is -0.160. The van der Waals surface area contributed by atoms with Crippen molar-refractivity contribution in [1.82, 2.24) is 5.32 Å². The zero-order chi connectivity index (χ0) is 12.7. The van der Waals surface area contributed by atoms with Gasteiger partial charge in [-0.25, -0.2) is 0 Å². The Morgan fingerprint density at radius 2 is 2.12 bits per heavy atom. The van der Waals surface area contributed by atoms with E-state index in [1.807, 2.05) is 13.8 Å². The standard InChI is InChI=1S/C13H27NO3/c1-10(2)17-9-13(16)8-14-7-11-4-3-5-12(15)6-11/h10-16H,3-9H2,1-2H3. The molecule has 1 rings (SSSR count).